The molecular weight excluding hydrogens is 135 g/mol. The molecule has 0 aromatic rings. The van der Waals surface area contributed by atoms with E-state index in [1.807, 2.05) is 13.8 Å². The molecule has 3 N–H and O–H groups in total. The Morgan fingerprint density at radius 1 is 1.14 bits per heavy atom. The van der Waals surface area contributed by atoms with Gasteiger partial charge >= 0.3 is 6.72 Å². The highest BCUT2D eigenvalue weighted by Gasteiger charge is 1.92. The first-order chi connectivity index (χ1) is 3.00. The van der Waals surface area contributed by atoms with Crippen LogP contribution in [0.4, 0.5) is 0 Å². The van der Waals surface area contributed by atoms with Crippen LogP contribution in [0.25, 0.3) is 0 Å². The molecule has 3 nitrogen and oxygen atoms in total. The van der Waals surface area contributed by atoms with E-state index in [-0.39, 0.29) is 0 Å². The SMILES string of the molecule is CC.OP(O)(O)=S. The molecule has 0 rings (SSSR count). The lowest BCUT2D eigenvalue weighted by molar-refractivity contribution is 0.363. The Morgan fingerprint density at radius 2 is 1.14 bits per heavy atom. The van der Waals surface area contributed by atoms with Gasteiger partial charge in [-0.25, -0.2) is 0 Å². The van der Waals surface area contributed by atoms with Crippen LogP contribution in [0, 0.1) is 0 Å². The maximum Gasteiger partial charge on any atom is 0.319 e. The maximum absolute atomic E-state index is 7.56. The lowest BCUT2D eigenvalue weighted by Crippen LogP contribution is -1.65. The molecule has 0 spiro atoms. The van der Waals surface area contributed by atoms with Crippen molar-refractivity contribution in [3.8, 4) is 0 Å². The molecule has 0 saturated heterocycles. The fourth-order valence-corrected chi connectivity index (χ4v) is 0. The Balaban J connectivity index is 0. The first-order valence-corrected chi connectivity index (χ1v) is 4.44. The van der Waals surface area contributed by atoms with Crippen LogP contribution in [-0.4, -0.2) is 14.7 Å². The third-order valence-electron chi connectivity index (χ3n) is 0. The summed E-state index contributed by atoms with van der Waals surface area (Å²) in [7, 11) is 0. The standard InChI is InChI=1S/C2H6.H3O3PS/c1-2;1-4(2,3)5/h1-2H3;(H3,1,2,3,5). The molecular formula is C2H9O3PS. The summed E-state index contributed by atoms with van der Waals surface area (Å²) in [4.78, 5) is 22.7. The summed E-state index contributed by atoms with van der Waals surface area (Å²) in [5.41, 5.74) is 0. The van der Waals surface area contributed by atoms with Crippen molar-refractivity contribution in [1.82, 2.24) is 0 Å². The van der Waals surface area contributed by atoms with Gasteiger partial charge in [0.05, 0.1) is 0 Å². The summed E-state index contributed by atoms with van der Waals surface area (Å²) >= 11 is 3.60. The van der Waals surface area contributed by atoms with E-state index in [1.54, 1.807) is 0 Å². The largest absolute Gasteiger partial charge is 0.325 e. The average Bonchev–Trinajstić information content (AvgIpc) is 1.36. The van der Waals surface area contributed by atoms with E-state index in [9.17, 15) is 0 Å². The van der Waals surface area contributed by atoms with Crippen molar-refractivity contribution in [2.75, 3.05) is 0 Å². The quantitative estimate of drug-likeness (QED) is 0.425. The number of hydrogen-bond acceptors (Lipinski definition) is 1. The second kappa shape index (κ2) is 4.68. The highest BCUT2D eigenvalue weighted by atomic mass is 32.5. The van der Waals surface area contributed by atoms with Crippen LogP contribution in [0.2, 0.25) is 0 Å². The minimum absolute atomic E-state index is 2.00. The molecule has 0 aliphatic heterocycles. The molecule has 0 saturated carbocycles. The molecule has 7 heavy (non-hydrogen) atoms. The van der Waals surface area contributed by atoms with Crippen LogP contribution in [0.15, 0.2) is 0 Å². The summed E-state index contributed by atoms with van der Waals surface area (Å²) in [5.74, 6) is 0. The van der Waals surface area contributed by atoms with E-state index >= 15 is 0 Å². The van der Waals surface area contributed by atoms with E-state index < -0.39 is 6.72 Å². The Kier molecular flexibility index (Phi) is 7.02. The maximum atomic E-state index is 7.56. The van der Waals surface area contributed by atoms with Crippen LogP contribution in [0.1, 0.15) is 13.8 Å². The first kappa shape index (κ1) is 10.5. The Bertz CT molecular complexity index is 59.1. The molecule has 0 radical (unpaired) electrons. The van der Waals surface area contributed by atoms with Crippen molar-refractivity contribution in [3.05, 3.63) is 0 Å². The fourth-order valence-electron chi connectivity index (χ4n) is 0. The molecule has 0 fully saturated rings. The zero-order chi connectivity index (χ0) is 6.50. The molecule has 0 amide bonds. The van der Waals surface area contributed by atoms with E-state index in [0.29, 0.717) is 0 Å². The molecule has 0 aromatic carbocycles. The molecule has 46 valence electrons. The molecule has 0 aromatic heterocycles. The molecule has 0 atom stereocenters. The molecule has 0 heterocycles. The summed E-state index contributed by atoms with van der Waals surface area (Å²) in [6.07, 6.45) is 0. The summed E-state index contributed by atoms with van der Waals surface area (Å²) in [6.45, 7) is 0.194. The number of rotatable bonds is 0. The monoisotopic (exact) mass is 144 g/mol. The van der Waals surface area contributed by atoms with E-state index in [2.05, 4.69) is 11.8 Å². The fraction of sp³-hybridized carbons (Fsp3) is 1.00. The Morgan fingerprint density at radius 3 is 1.14 bits per heavy atom. The second-order valence-electron chi connectivity index (χ2n) is 0.513. The van der Waals surface area contributed by atoms with Crippen molar-refractivity contribution in [2.45, 2.75) is 13.8 Å². The van der Waals surface area contributed by atoms with Gasteiger partial charge in [0, 0.05) is 0 Å². The minimum Gasteiger partial charge on any atom is -0.325 e. The van der Waals surface area contributed by atoms with Gasteiger partial charge in [-0.1, -0.05) is 13.8 Å². The van der Waals surface area contributed by atoms with E-state index in [4.69, 9.17) is 14.7 Å². The zero-order valence-electron chi connectivity index (χ0n) is 4.20. The summed E-state index contributed by atoms with van der Waals surface area (Å²) < 4.78 is 0. The van der Waals surface area contributed by atoms with Crippen LogP contribution >= 0.6 is 6.72 Å². The lowest BCUT2D eigenvalue weighted by atomic mass is 11.0. The second-order valence-corrected chi connectivity index (χ2v) is 3.01. The van der Waals surface area contributed by atoms with Gasteiger partial charge in [0.2, 0.25) is 0 Å². The third kappa shape index (κ3) is 477. The Hall–Kier alpha value is 0.530. The molecule has 0 bridgehead atoms. The third-order valence-corrected chi connectivity index (χ3v) is 0. The smallest absolute Gasteiger partial charge is 0.319 e. The average molecular weight is 144 g/mol. The van der Waals surface area contributed by atoms with Gasteiger partial charge < -0.3 is 14.7 Å². The highest BCUT2D eigenvalue weighted by Crippen LogP contribution is 2.26. The van der Waals surface area contributed by atoms with Crippen molar-refractivity contribution < 1.29 is 14.7 Å². The first-order valence-electron chi connectivity index (χ1n) is 1.78. The van der Waals surface area contributed by atoms with Crippen LogP contribution in [0.5, 0.6) is 0 Å². The Labute approximate surface area is 47.9 Å². The predicted octanol–water partition coefficient (Wildman–Crippen LogP) is 0.214. The van der Waals surface area contributed by atoms with Crippen LogP contribution in [0.3, 0.4) is 0 Å². The highest BCUT2D eigenvalue weighted by molar-refractivity contribution is 8.06. The summed E-state index contributed by atoms with van der Waals surface area (Å²) in [5, 5.41) is 0. The van der Waals surface area contributed by atoms with Gasteiger partial charge in [-0.2, -0.15) is 0 Å². The van der Waals surface area contributed by atoms with Crippen molar-refractivity contribution >= 4 is 18.5 Å². The minimum atomic E-state index is -3.81. The topological polar surface area (TPSA) is 60.7 Å². The van der Waals surface area contributed by atoms with E-state index in [0.717, 1.165) is 0 Å². The van der Waals surface area contributed by atoms with Gasteiger partial charge in [0.15, 0.2) is 0 Å². The van der Waals surface area contributed by atoms with Crippen molar-refractivity contribution in [2.24, 2.45) is 0 Å². The normalized spacial score (nSPS) is 9.29. The molecule has 0 aliphatic rings. The van der Waals surface area contributed by atoms with Gasteiger partial charge in [-0.15, -0.1) is 0 Å². The zero-order valence-corrected chi connectivity index (χ0v) is 5.91. The van der Waals surface area contributed by atoms with E-state index in [1.165, 1.54) is 0 Å². The molecule has 0 aliphatic carbocycles. The molecule has 0 unspecified atom stereocenters. The van der Waals surface area contributed by atoms with Gasteiger partial charge in [-0.3, -0.25) is 0 Å². The lowest BCUT2D eigenvalue weighted by Gasteiger charge is -1.88. The van der Waals surface area contributed by atoms with Crippen LogP contribution in [-0.2, 0) is 11.8 Å². The van der Waals surface area contributed by atoms with Crippen LogP contribution < -0.4 is 0 Å². The summed E-state index contributed by atoms with van der Waals surface area (Å²) in [6, 6.07) is 0. The van der Waals surface area contributed by atoms with Crippen molar-refractivity contribution in [1.29, 1.82) is 0 Å². The molecule has 5 heteroatoms. The van der Waals surface area contributed by atoms with Gasteiger partial charge in [-0.05, 0) is 11.8 Å². The van der Waals surface area contributed by atoms with Gasteiger partial charge in [0.1, 0.15) is 0 Å². The number of hydrogen-bond donors (Lipinski definition) is 3. The van der Waals surface area contributed by atoms with Gasteiger partial charge in [0.25, 0.3) is 0 Å². The predicted molar refractivity (Wildman–Crippen MR) is 32.3 cm³/mol. The van der Waals surface area contributed by atoms with Crippen molar-refractivity contribution in [3.63, 3.8) is 0 Å².